The van der Waals surface area contributed by atoms with Gasteiger partial charge in [0.1, 0.15) is 4.32 Å². The van der Waals surface area contributed by atoms with E-state index < -0.39 is 0 Å². The highest BCUT2D eigenvalue weighted by atomic mass is 32.2. The molecule has 0 saturated carbocycles. The summed E-state index contributed by atoms with van der Waals surface area (Å²) in [6.45, 7) is 0. The van der Waals surface area contributed by atoms with Gasteiger partial charge < -0.3 is 4.90 Å². The van der Waals surface area contributed by atoms with Crippen LogP contribution in [0.25, 0.3) is 5.57 Å². The third kappa shape index (κ3) is 4.61. The van der Waals surface area contributed by atoms with Crippen molar-refractivity contribution in [1.29, 1.82) is 0 Å². The van der Waals surface area contributed by atoms with Gasteiger partial charge in [0.15, 0.2) is 0 Å². The highest BCUT2D eigenvalue weighted by Crippen LogP contribution is 2.22. The number of rotatable bonds is 3. The maximum absolute atomic E-state index is 5.27. The Morgan fingerprint density at radius 1 is 0.952 bits per heavy atom. The lowest BCUT2D eigenvalue weighted by Crippen LogP contribution is -2.14. The molecule has 0 heterocycles. The normalized spacial score (nSPS) is 9.62. The lowest BCUT2D eigenvalue weighted by Gasteiger charge is -2.09. The molecule has 2 aromatic carbocycles. The molecule has 3 heteroatoms. The second kappa shape index (κ2) is 7.84. The molecule has 21 heavy (non-hydrogen) atoms. The van der Waals surface area contributed by atoms with E-state index in [1.165, 1.54) is 11.8 Å². The standard InChI is InChI=1S/C18H17NS2/c1-19(2)18(20)21-14-13-17(15-9-5-3-6-10-15)16-11-7-4-8-12-16/h3-12,14H,1-2H3. The number of hydrogen-bond donors (Lipinski definition) is 0. The first-order chi connectivity index (χ1) is 10.2. The van der Waals surface area contributed by atoms with Crippen molar-refractivity contribution in [3.63, 3.8) is 0 Å². The molecule has 0 unspecified atom stereocenters. The molecule has 0 atom stereocenters. The predicted molar refractivity (Wildman–Crippen MR) is 97.4 cm³/mol. The molecule has 0 aliphatic heterocycles. The van der Waals surface area contributed by atoms with Gasteiger partial charge in [-0.3, -0.25) is 0 Å². The molecule has 0 radical (unpaired) electrons. The highest BCUT2D eigenvalue weighted by Gasteiger charge is 2.03. The first-order valence-electron chi connectivity index (χ1n) is 6.62. The Balaban J connectivity index is 2.38. The van der Waals surface area contributed by atoms with E-state index in [1.54, 1.807) is 0 Å². The number of benzene rings is 2. The number of thioether (sulfide) groups is 1. The minimum atomic E-state index is 0.822. The Morgan fingerprint density at radius 2 is 1.43 bits per heavy atom. The van der Waals surface area contributed by atoms with Crippen LogP contribution >= 0.6 is 24.0 Å². The van der Waals surface area contributed by atoms with E-state index in [2.05, 4.69) is 30.0 Å². The molecule has 1 nitrogen and oxygen atoms in total. The second-order valence-corrected chi connectivity index (χ2v) is 6.15. The van der Waals surface area contributed by atoms with E-state index in [9.17, 15) is 0 Å². The molecule has 0 fully saturated rings. The van der Waals surface area contributed by atoms with Gasteiger partial charge in [-0.1, -0.05) is 84.6 Å². The molecule has 0 N–H and O–H groups in total. The van der Waals surface area contributed by atoms with Gasteiger partial charge in [-0.2, -0.15) is 0 Å². The Morgan fingerprint density at radius 3 is 1.86 bits per heavy atom. The van der Waals surface area contributed by atoms with Gasteiger partial charge >= 0.3 is 0 Å². The molecule has 2 aromatic rings. The van der Waals surface area contributed by atoms with Crippen LogP contribution in [-0.4, -0.2) is 23.3 Å². The quantitative estimate of drug-likeness (QED) is 0.591. The van der Waals surface area contributed by atoms with Crippen molar-refractivity contribution in [2.45, 2.75) is 0 Å². The van der Waals surface area contributed by atoms with Crippen molar-refractivity contribution >= 4 is 33.9 Å². The monoisotopic (exact) mass is 311 g/mol. The van der Waals surface area contributed by atoms with E-state index in [4.69, 9.17) is 12.2 Å². The van der Waals surface area contributed by atoms with Crippen LogP contribution in [0.15, 0.2) is 71.8 Å². The molecule has 106 valence electrons. The molecule has 0 aromatic heterocycles. The van der Waals surface area contributed by atoms with Crippen molar-refractivity contribution in [3.05, 3.63) is 82.9 Å². The van der Waals surface area contributed by atoms with Crippen molar-refractivity contribution in [1.82, 2.24) is 4.90 Å². The predicted octanol–water partition coefficient (Wildman–Crippen LogP) is 4.81. The fourth-order valence-electron chi connectivity index (χ4n) is 1.79. The van der Waals surface area contributed by atoms with Gasteiger partial charge in [0.2, 0.25) is 0 Å². The van der Waals surface area contributed by atoms with Crippen LogP contribution in [-0.2, 0) is 0 Å². The van der Waals surface area contributed by atoms with Crippen LogP contribution in [0.3, 0.4) is 0 Å². The van der Waals surface area contributed by atoms with Crippen LogP contribution < -0.4 is 0 Å². The Labute approximate surface area is 136 Å². The number of nitrogens with zero attached hydrogens (tertiary/aromatic N) is 1. The van der Waals surface area contributed by atoms with Crippen molar-refractivity contribution in [2.75, 3.05) is 14.1 Å². The van der Waals surface area contributed by atoms with Crippen LogP contribution in [0.5, 0.6) is 0 Å². The summed E-state index contributed by atoms with van der Waals surface area (Å²) in [5.74, 6) is 0. The molecule has 0 aliphatic rings. The first kappa shape index (κ1) is 15.6. The van der Waals surface area contributed by atoms with Gasteiger partial charge in [-0.25, -0.2) is 0 Å². The topological polar surface area (TPSA) is 3.24 Å². The average molecular weight is 311 g/mol. The maximum Gasteiger partial charge on any atom is 0.140 e. The summed E-state index contributed by atoms with van der Waals surface area (Å²) >= 11 is 6.77. The molecular formula is C18H17NS2. The molecule has 0 saturated heterocycles. The third-order valence-electron chi connectivity index (χ3n) is 2.85. The van der Waals surface area contributed by atoms with Gasteiger partial charge in [0.25, 0.3) is 0 Å². The highest BCUT2D eigenvalue weighted by molar-refractivity contribution is 8.24. The molecule has 0 spiro atoms. The smallest absolute Gasteiger partial charge is 0.140 e. The zero-order valence-corrected chi connectivity index (χ0v) is 13.7. The summed E-state index contributed by atoms with van der Waals surface area (Å²) in [6.07, 6.45) is 0. The Bertz CT molecular complexity index is 613. The maximum atomic E-state index is 5.27. The van der Waals surface area contributed by atoms with Crippen LogP contribution in [0.4, 0.5) is 0 Å². The number of hydrogen-bond acceptors (Lipinski definition) is 2. The summed E-state index contributed by atoms with van der Waals surface area (Å²) in [6, 6.07) is 20.6. The molecular weight excluding hydrogens is 294 g/mol. The fourth-order valence-corrected chi connectivity index (χ4v) is 2.42. The fraction of sp³-hybridized carbons (Fsp3) is 0.111. The van der Waals surface area contributed by atoms with Crippen molar-refractivity contribution in [3.8, 4) is 0 Å². The SMILES string of the molecule is CN(C)C(=S)SC=C=C(c1ccccc1)c1ccccc1. The summed E-state index contributed by atoms with van der Waals surface area (Å²) in [7, 11) is 3.89. The lowest BCUT2D eigenvalue weighted by atomic mass is 9.99. The third-order valence-corrected chi connectivity index (χ3v) is 4.31. The van der Waals surface area contributed by atoms with E-state index in [1.807, 2.05) is 60.8 Å². The molecule has 2 rings (SSSR count). The van der Waals surface area contributed by atoms with E-state index in [0.29, 0.717) is 0 Å². The Hall–Kier alpha value is -1.80. The van der Waals surface area contributed by atoms with E-state index in [0.717, 1.165) is 21.0 Å². The second-order valence-electron chi connectivity index (χ2n) is 4.65. The van der Waals surface area contributed by atoms with Gasteiger partial charge in [-0.15, -0.1) is 5.73 Å². The van der Waals surface area contributed by atoms with Crippen LogP contribution in [0.1, 0.15) is 11.1 Å². The zero-order valence-electron chi connectivity index (χ0n) is 12.1. The van der Waals surface area contributed by atoms with Crippen LogP contribution in [0.2, 0.25) is 0 Å². The van der Waals surface area contributed by atoms with Gasteiger partial charge in [-0.05, 0) is 11.1 Å². The lowest BCUT2D eigenvalue weighted by molar-refractivity contribution is 0.648. The number of thiocarbonyl (C=S) groups is 1. The van der Waals surface area contributed by atoms with Crippen LogP contribution in [0, 0.1) is 0 Å². The van der Waals surface area contributed by atoms with Crippen molar-refractivity contribution in [2.24, 2.45) is 0 Å². The summed E-state index contributed by atoms with van der Waals surface area (Å²) in [5, 5.41) is 1.93. The van der Waals surface area contributed by atoms with E-state index in [-0.39, 0.29) is 0 Å². The average Bonchev–Trinajstić information content (AvgIpc) is 2.53. The Kier molecular flexibility index (Phi) is 5.82. The summed E-state index contributed by atoms with van der Waals surface area (Å²) in [4.78, 5) is 1.92. The largest absolute Gasteiger partial charge is 0.363 e. The van der Waals surface area contributed by atoms with Crippen molar-refractivity contribution < 1.29 is 0 Å². The molecule has 0 amide bonds. The van der Waals surface area contributed by atoms with E-state index >= 15 is 0 Å². The minimum absolute atomic E-state index is 0.822. The molecule has 0 bridgehead atoms. The minimum Gasteiger partial charge on any atom is -0.363 e. The zero-order chi connectivity index (χ0) is 15.1. The van der Waals surface area contributed by atoms with Gasteiger partial charge in [0.05, 0.1) is 0 Å². The summed E-state index contributed by atoms with van der Waals surface area (Å²) < 4.78 is 0.822. The summed E-state index contributed by atoms with van der Waals surface area (Å²) in [5.41, 5.74) is 6.75. The van der Waals surface area contributed by atoms with Gasteiger partial charge in [0, 0.05) is 25.1 Å². The first-order valence-corrected chi connectivity index (χ1v) is 7.91. The molecule has 0 aliphatic carbocycles.